The first-order chi connectivity index (χ1) is 9.17. The van der Waals surface area contributed by atoms with Gasteiger partial charge in [0.05, 0.1) is 12.8 Å². The molecule has 0 unspecified atom stereocenters. The monoisotopic (exact) mass is 264 g/mol. The Balaban J connectivity index is 2.34. The predicted octanol–water partition coefficient (Wildman–Crippen LogP) is 3.58. The number of hydrogen-bond donors (Lipinski definition) is 2. The number of ether oxygens (including phenoxy) is 1. The van der Waals surface area contributed by atoms with Gasteiger partial charge in [0.25, 0.3) is 0 Å². The lowest BCUT2D eigenvalue weighted by molar-refractivity contribution is -0.116. The molecular weight excluding hydrogens is 240 g/mol. The summed E-state index contributed by atoms with van der Waals surface area (Å²) in [7, 11) is 1.57. The maximum Gasteiger partial charge on any atom is 0.224 e. The molecule has 0 spiro atoms. The standard InChI is InChI=1S/C15H24N2O2/c1-3-4-5-6-7-8-15(18)17-12-9-10-14(19-2)13(16)11-12/h9-11H,3-8,16H2,1-2H3,(H,17,18). The molecule has 0 aliphatic carbocycles. The molecule has 19 heavy (non-hydrogen) atoms. The van der Waals surface area contributed by atoms with E-state index >= 15 is 0 Å². The molecular formula is C15H24N2O2. The van der Waals surface area contributed by atoms with Crippen LogP contribution in [-0.2, 0) is 4.79 Å². The molecule has 1 amide bonds. The van der Waals surface area contributed by atoms with Gasteiger partial charge in [0, 0.05) is 12.1 Å². The van der Waals surface area contributed by atoms with Crippen LogP contribution in [0.2, 0.25) is 0 Å². The van der Waals surface area contributed by atoms with Crippen molar-refractivity contribution >= 4 is 17.3 Å². The summed E-state index contributed by atoms with van der Waals surface area (Å²) in [5.74, 6) is 0.665. The summed E-state index contributed by atoms with van der Waals surface area (Å²) in [6.45, 7) is 2.18. The van der Waals surface area contributed by atoms with E-state index in [1.807, 2.05) is 0 Å². The molecule has 0 heterocycles. The normalized spacial score (nSPS) is 10.2. The number of benzene rings is 1. The van der Waals surface area contributed by atoms with Crippen LogP contribution in [0.15, 0.2) is 18.2 Å². The number of methoxy groups -OCH3 is 1. The van der Waals surface area contributed by atoms with E-state index in [0.29, 0.717) is 17.9 Å². The predicted molar refractivity (Wildman–Crippen MR) is 79.4 cm³/mol. The Bertz CT molecular complexity index is 405. The summed E-state index contributed by atoms with van der Waals surface area (Å²) in [5.41, 5.74) is 7.04. The molecule has 0 aliphatic rings. The topological polar surface area (TPSA) is 64.3 Å². The fraction of sp³-hybridized carbons (Fsp3) is 0.533. The Morgan fingerprint density at radius 1 is 1.26 bits per heavy atom. The van der Waals surface area contributed by atoms with Crippen LogP contribution in [0.4, 0.5) is 11.4 Å². The van der Waals surface area contributed by atoms with E-state index in [2.05, 4.69) is 12.2 Å². The smallest absolute Gasteiger partial charge is 0.224 e. The third-order valence-corrected chi connectivity index (χ3v) is 3.02. The van der Waals surface area contributed by atoms with Crippen molar-refractivity contribution in [2.75, 3.05) is 18.2 Å². The minimum atomic E-state index is 0.0427. The lowest BCUT2D eigenvalue weighted by Gasteiger charge is -2.08. The highest BCUT2D eigenvalue weighted by Gasteiger charge is 2.04. The molecule has 0 fully saturated rings. The van der Waals surface area contributed by atoms with Crippen molar-refractivity contribution in [3.63, 3.8) is 0 Å². The number of anilines is 2. The van der Waals surface area contributed by atoms with Crippen LogP contribution >= 0.6 is 0 Å². The highest BCUT2D eigenvalue weighted by molar-refractivity contribution is 5.91. The van der Waals surface area contributed by atoms with Crippen LogP contribution in [0.25, 0.3) is 0 Å². The van der Waals surface area contributed by atoms with E-state index in [1.54, 1.807) is 25.3 Å². The van der Waals surface area contributed by atoms with E-state index in [9.17, 15) is 4.79 Å². The summed E-state index contributed by atoms with van der Waals surface area (Å²) in [6, 6.07) is 5.27. The van der Waals surface area contributed by atoms with Gasteiger partial charge >= 0.3 is 0 Å². The molecule has 1 rings (SSSR count). The van der Waals surface area contributed by atoms with Crippen molar-refractivity contribution < 1.29 is 9.53 Å². The number of unbranched alkanes of at least 4 members (excludes halogenated alkanes) is 4. The number of hydrogen-bond acceptors (Lipinski definition) is 3. The van der Waals surface area contributed by atoms with E-state index in [1.165, 1.54) is 19.3 Å². The minimum absolute atomic E-state index is 0.0427. The van der Waals surface area contributed by atoms with Crippen molar-refractivity contribution in [3.05, 3.63) is 18.2 Å². The Kier molecular flexibility index (Phi) is 6.79. The Hall–Kier alpha value is -1.71. The number of nitrogens with one attached hydrogen (secondary N) is 1. The second-order valence-corrected chi connectivity index (χ2v) is 4.67. The number of amides is 1. The highest BCUT2D eigenvalue weighted by atomic mass is 16.5. The second kappa shape index (κ2) is 8.40. The van der Waals surface area contributed by atoms with Gasteiger partial charge in [-0.25, -0.2) is 0 Å². The molecule has 4 nitrogen and oxygen atoms in total. The first kappa shape index (κ1) is 15.3. The van der Waals surface area contributed by atoms with Gasteiger partial charge in [0.15, 0.2) is 0 Å². The molecule has 0 aromatic heterocycles. The van der Waals surface area contributed by atoms with Gasteiger partial charge in [-0.2, -0.15) is 0 Å². The van der Waals surface area contributed by atoms with Crippen LogP contribution in [0.1, 0.15) is 45.4 Å². The first-order valence-corrected chi connectivity index (χ1v) is 6.90. The number of carbonyl (C=O) groups excluding carboxylic acids is 1. The van der Waals surface area contributed by atoms with Crippen LogP contribution in [0, 0.1) is 0 Å². The summed E-state index contributed by atoms with van der Waals surface area (Å²) >= 11 is 0. The number of carbonyl (C=O) groups is 1. The van der Waals surface area contributed by atoms with Gasteiger partial charge in [-0.15, -0.1) is 0 Å². The number of nitrogens with two attached hydrogens (primary N) is 1. The third-order valence-electron chi connectivity index (χ3n) is 3.02. The van der Waals surface area contributed by atoms with Crippen molar-refractivity contribution in [2.45, 2.75) is 45.4 Å². The van der Waals surface area contributed by atoms with Gasteiger partial charge in [0.1, 0.15) is 5.75 Å². The molecule has 0 saturated carbocycles. The van der Waals surface area contributed by atoms with Crippen LogP contribution in [-0.4, -0.2) is 13.0 Å². The van der Waals surface area contributed by atoms with Gasteiger partial charge in [-0.1, -0.05) is 32.6 Å². The second-order valence-electron chi connectivity index (χ2n) is 4.67. The third kappa shape index (κ3) is 5.64. The number of rotatable bonds is 8. The molecule has 3 N–H and O–H groups in total. The molecule has 0 bridgehead atoms. The molecule has 1 aromatic rings. The van der Waals surface area contributed by atoms with Gasteiger partial charge < -0.3 is 15.8 Å². The lowest BCUT2D eigenvalue weighted by atomic mass is 10.1. The zero-order chi connectivity index (χ0) is 14.1. The Labute approximate surface area is 115 Å². The van der Waals surface area contributed by atoms with Gasteiger partial charge in [-0.05, 0) is 24.6 Å². The molecule has 106 valence electrons. The zero-order valence-corrected chi connectivity index (χ0v) is 11.9. The maximum absolute atomic E-state index is 11.7. The molecule has 0 saturated heterocycles. The molecule has 1 aromatic carbocycles. The molecule has 4 heteroatoms. The zero-order valence-electron chi connectivity index (χ0n) is 11.9. The Morgan fingerprint density at radius 3 is 2.63 bits per heavy atom. The molecule has 0 atom stereocenters. The van der Waals surface area contributed by atoms with Gasteiger partial charge in [0.2, 0.25) is 5.91 Å². The maximum atomic E-state index is 11.7. The first-order valence-electron chi connectivity index (χ1n) is 6.90. The Morgan fingerprint density at radius 2 is 2.00 bits per heavy atom. The SMILES string of the molecule is CCCCCCCC(=O)Nc1ccc(OC)c(N)c1. The average molecular weight is 264 g/mol. The van der Waals surface area contributed by atoms with E-state index in [4.69, 9.17) is 10.5 Å². The largest absolute Gasteiger partial charge is 0.495 e. The van der Waals surface area contributed by atoms with Gasteiger partial charge in [-0.3, -0.25) is 4.79 Å². The summed E-state index contributed by atoms with van der Waals surface area (Å²) < 4.78 is 5.07. The van der Waals surface area contributed by atoms with E-state index in [0.717, 1.165) is 18.5 Å². The van der Waals surface area contributed by atoms with Crippen LogP contribution < -0.4 is 15.8 Å². The van der Waals surface area contributed by atoms with Crippen LogP contribution in [0.5, 0.6) is 5.75 Å². The van der Waals surface area contributed by atoms with Crippen molar-refractivity contribution in [2.24, 2.45) is 0 Å². The van der Waals surface area contributed by atoms with Crippen molar-refractivity contribution in [3.8, 4) is 5.75 Å². The number of nitrogen functional groups attached to an aromatic ring is 1. The fourth-order valence-corrected chi connectivity index (χ4v) is 1.92. The molecule has 0 radical (unpaired) electrons. The van der Waals surface area contributed by atoms with E-state index in [-0.39, 0.29) is 5.91 Å². The van der Waals surface area contributed by atoms with E-state index < -0.39 is 0 Å². The van der Waals surface area contributed by atoms with Crippen molar-refractivity contribution in [1.29, 1.82) is 0 Å². The van der Waals surface area contributed by atoms with Crippen LogP contribution in [0.3, 0.4) is 0 Å². The summed E-state index contributed by atoms with van der Waals surface area (Å²) in [5, 5.41) is 2.85. The fourth-order valence-electron chi connectivity index (χ4n) is 1.92. The summed E-state index contributed by atoms with van der Waals surface area (Å²) in [4.78, 5) is 11.7. The minimum Gasteiger partial charge on any atom is -0.495 e. The average Bonchev–Trinajstić information content (AvgIpc) is 2.39. The lowest BCUT2D eigenvalue weighted by Crippen LogP contribution is -2.11. The van der Waals surface area contributed by atoms with Crippen molar-refractivity contribution in [1.82, 2.24) is 0 Å². The quantitative estimate of drug-likeness (QED) is 0.557. The highest BCUT2D eigenvalue weighted by Crippen LogP contribution is 2.24. The molecule has 0 aliphatic heterocycles. The summed E-state index contributed by atoms with van der Waals surface area (Å²) in [6.07, 6.45) is 6.30.